The second-order valence-corrected chi connectivity index (χ2v) is 10.2. The number of anilines is 2. The molecular weight excluding hydrogens is 474 g/mol. The Bertz CT molecular complexity index is 1290. The third kappa shape index (κ3) is 4.61. The molecule has 0 bridgehead atoms. The number of nitrogens with one attached hydrogen (secondary N) is 1. The normalized spacial score (nSPS) is 16.4. The van der Waals surface area contributed by atoms with Crippen LogP contribution in [0.15, 0.2) is 48.7 Å². The number of amides is 2. The zero-order chi connectivity index (χ0) is 25.4. The van der Waals surface area contributed by atoms with Crippen LogP contribution in [0.5, 0.6) is 5.75 Å². The molecule has 8 heteroatoms. The van der Waals surface area contributed by atoms with Crippen LogP contribution in [0.1, 0.15) is 25.3 Å². The molecule has 0 saturated carbocycles. The van der Waals surface area contributed by atoms with E-state index >= 15 is 0 Å². The van der Waals surface area contributed by atoms with Crippen molar-refractivity contribution in [2.45, 2.75) is 19.8 Å². The molecule has 0 aliphatic carbocycles. The van der Waals surface area contributed by atoms with Gasteiger partial charge in [0, 0.05) is 63.6 Å². The molecule has 2 saturated heterocycles. The summed E-state index contributed by atoms with van der Waals surface area (Å²) < 4.78 is 0. The number of urea groups is 1. The molecule has 3 heterocycles. The predicted octanol–water partition coefficient (Wildman–Crippen LogP) is 5.18. The molecule has 188 valence electrons. The Morgan fingerprint density at radius 3 is 2.28 bits per heavy atom. The van der Waals surface area contributed by atoms with E-state index < -0.39 is 0 Å². The SMILES string of the molecule is CC(C)c1cc(-c2ccnc(N3CCNCC3)c2)c(O)c(-c2ccc(N3CCN(C)C3=O)c(Cl)c2)c1. The van der Waals surface area contributed by atoms with Gasteiger partial charge in [-0.2, -0.15) is 0 Å². The van der Waals surface area contributed by atoms with Crippen LogP contribution in [0.3, 0.4) is 0 Å². The Kier molecular flexibility index (Phi) is 6.77. The highest BCUT2D eigenvalue weighted by Crippen LogP contribution is 2.43. The molecule has 0 radical (unpaired) electrons. The lowest BCUT2D eigenvalue weighted by atomic mass is 9.91. The van der Waals surface area contributed by atoms with Gasteiger partial charge in [-0.25, -0.2) is 9.78 Å². The van der Waals surface area contributed by atoms with E-state index in [0.29, 0.717) is 23.8 Å². The molecule has 2 aliphatic rings. The third-order valence-corrected chi connectivity index (χ3v) is 7.37. The fourth-order valence-electron chi connectivity index (χ4n) is 4.85. The Labute approximate surface area is 217 Å². The van der Waals surface area contributed by atoms with E-state index in [2.05, 4.69) is 41.2 Å². The van der Waals surface area contributed by atoms with Gasteiger partial charge in [0.15, 0.2) is 0 Å². The Balaban J connectivity index is 1.56. The summed E-state index contributed by atoms with van der Waals surface area (Å²) in [5, 5.41) is 15.3. The van der Waals surface area contributed by atoms with Gasteiger partial charge in [-0.15, -0.1) is 0 Å². The van der Waals surface area contributed by atoms with E-state index in [1.54, 1.807) is 16.8 Å². The number of pyridine rings is 1. The molecule has 2 amide bonds. The summed E-state index contributed by atoms with van der Waals surface area (Å²) in [7, 11) is 1.79. The van der Waals surface area contributed by atoms with Crippen molar-refractivity contribution in [2.24, 2.45) is 0 Å². The van der Waals surface area contributed by atoms with Gasteiger partial charge < -0.3 is 20.2 Å². The Hall–Kier alpha value is -3.29. The van der Waals surface area contributed by atoms with E-state index in [-0.39, 0.29) is 17.7 Å². The lowest BCUT2D eigenvalue weighted by molar-refractivity contribution is 0.229. The number of piperazine rings is 1. The number of nitrogens with zero attached hydrogens (tertiary/aromatic N) is 4. The topological polar surface area (TPSA) is 71.9 Å². The number of aromatic nitrogens is 1. The number of rotatable bonds is 5. The van der Waals surface area contributed by atoms with Gasteiger partial charge in [0.2, 0.25) is 0 Å². The molecule has 1 aromatic heterocycles. The van der Waals surface area contributed by atoms with Crippen LogP contribution in [-0.4, -0.2) is 67.3 Å². The number of hydrogen-bond donors (Lipinski definition) is 2. The maximum absolute atomic E-state index is 12.5. The Morgan fingerprint density at radius 2 is 1.67 bits per heavy atom. The maximum Gasteiger partial charge on any atom is 0.324 e. The second kappa shape index (κ2) is 9.99. The predicted molar refractivity (Wildman–Crippen MR) is 146 cm³/mol. The molecule has 2 aliphatic heterocycles. The second-order valence-electron chi connectivity index (χ2n) is 9.78. The largest absolute Gasteiger partial charge is 0.507 e. The number of phenols is 1. The average Bonchev–Trinajstić information content (AvgIpc) is 3.22. The lowest BCUT2D eigenvalue weighted by Gasteiger charge is -2.28. The summed E-state index contributed by atoms with van der Waals surface area (Å²) in [4.78, 5) is 22.7. The molecule has 5 rings (SSSR count). The molecule has 2 N–H and O–H groups in total. The van der Waals surface area contributed by atoms with Crippen molar-refractivity contribution in [1.29, 1.82) is 0 Å². The number of aromatic hydroxyl groups is 1. The van der Waals surface area contributed by atoms with Crippen molar-refractivity contribution < 1.29 is 9.90 Å². The van der Waals surface area contributed by atoms with Gasteiger partial charge in [0.25, 0.3) is 0 Å². The summed E-state index contributed by atoms with van der Waals surface area (Å²) in [5.41, 5.74) is 5.02. The van der Waals surface area contributed by atoms with E-state index in [1.165, 1.54) is 0 Å². The zero-order valence-corrected chi connectivity index (χ0v) is 21.7. The van der Waals surface area contributed by atoms with Crippen molar-refractivity contribution >= 4 is 29.1 Å². The molecule has 2 fully saturated rings. The monoisotopic (exact) mass is 505 g/mol. The number of likely N-dealkylation sites (N-methyl/N-ethyl adjacent to an activating group) is 1. The van der Waals surface area contributed by atoms with Gasteiger partial charge in [-0.1, -0.05) is 31.5 Å². The first-order chi connectivity index (χ1) is 17.3. The van der Waals surface area contributed by atoms with Crippen molar-refractivity contribution in [2.75, 3.05) is 56.1 Å². The molecular formula is C28H32ClN5O2. The van der Waals surface area contributed by atoms with Crippen molar-refractivity contribution in [3.63, 3.8) is 0 Å². The van der Waals surface area contributed by atoms with Crippen LogP contribution in [0.25, 0.3) is 22.3 Å². The minimum atomic E-state index is -0.0606. The number of halogens is 1. The van der Waals surface area contributed by atoms with Crippen molar-refractivity contribution in [1.82, 2.24) is 15.2 Å². The molecule has 36 heavy (non-hydrogen) atoms. The van der Waals surface area contributed by atoms with Crippen molar-refractivity contribution in [3.05, 3.63) is 59.2 Å². The first-order valence-electron chi connectivity index (χ1n) is 12.4. The smallest absolute Gasteiger partial charge is 0.324 e. The van der Waals surface area contributed by atoms with Gasteiger partial charge in [0.1, 0.15) is 11.6 Å². The molecule has 0 spiro atoms. The first kappa shape index (κ1) is 24.4. The summed E-state index contributed by atoms with van der Waals surface area (Å²) >= 11 is 6.68. The van der Waals surface area contributed by atoms with E-state index in [0.717, 1.165) is 59.8 Å². The minimum Gasteiger partial charge on any atom is -0.507 e. The number of carbonyl (C=O) groups is 1. The fraction of sp³-hybridized carbons (Fsp3) is 0.357. The summed E-state index contributed by atoms with van der Waals surface area (Å²) in [6.07, 6.45) is 1.81. The van der Waals surface area contributed by atoms with Crippen LogP contribution in [0.4, 0.5) is 16.3 Å². The van der Waals surface area contributed by atoms with Gasteiger partial charge in [-0.3, -0.25) is 4.90 Å². The van der Waals surface area contributed by atoms with Crippen LogP contribution in [-0.2, 0) is 0 Å². The van der Waals surface area contributed by atoms with E-state index in [1.807, 2.05) is 36.5 Å². The summed E-state index contributed by atoms with van der Waals surface area (Å²) in [6.45, 7) is 9.22. The number of carbonyl (C=O) groups excluding carboxylic acids is 1. The first-order valence-corrected chi connectivity index (χ1v) is 12.8. The van der Waals surface area contributed by atoms with Crippen LogP contribution < -0.4 is 15.1 Å². The van der Waals surface area contributed by atoms with Crippen LogP contribution >= 0.6 is 11.6 Å². The number of phenolic OH excluding ortho intramolecular Hbond substituents is 1. The summed E-state index contributed by atoms with van der Waals surface area (Å²) in [6, 6.07) is 13.7. The van der Waals surface area contributed by atoms with E-state index in [9.17, 15) is 9.90 Å². The van der Waals surface area contributed by atoms with Gasteiger partial charge >= 0.3 is 6.03 Å². The standard InChI is InChI=1S/C28H32ClN5O2/c1-18(2)21-14-22(19-4-5-25(24(29)16-19)34-13-12-32(3)28(34)36)27(35)23(15-21)20-6-7-31-26(17-20)33-10-8-30-9-11-33/h4-7,14-18,30,35H,8-13H2,1-3H3. The highest BCUT2D eigenvalue weighted by atomic mass is 35.5. The molecule has 7 nitrogen and oxygen atoms in total. The molecule has 0 unspecified atom stereocenters. The van der Waals surface area contributed by atoms with Crippen LogP contribution in [0, 0.1) is 0 Å². The maximum atomic E-state index is 12.5. The highest BCUT2D eigenvalue weighted by molar-refractivity contribution is 6.34. The minimum absolute atomic E-state index is 0.0606. The average molecular weight is 506 g/mol. The van der Waals surface area contributed by atoms with Crippen molar-refractivity contribution in [3.8, 4) is 28.0 Å². The Morgan fingerprint density at radius 1 is 0.972 bits per heavy atom. The van der Waals surface area contributed by atoms with Gasteiger partial charge in [-0.05, 0) is 59.0 Å². The molecule has 3 aromatic rings. The highest BCUT2D eigenvalue weighted by Gasteiger charge is 2.28. The van der Waals surface area contributed by atoms with Gasteiger partial charge in [0.05, 0.1) is 10.7 Å². The van der Waals surface area contributed by atoms with Crippen LogP contribution in [0.2, 0.25) is 5.02 Å². The zero-order valence-electron chi connectivity index (χ0n) is 21.0. The van der Waals surface area contributed by atoms with E-state index in [4.69, 9.17) is 11.6 Å². The number of hydrogen-bond acceptors (Lipinski definition) is 5. The number of benzene rings is 2. The lowest BCUT2D eigenvalue weighted by Crippen LogP contribution is -2.43. The third-order valence-electron chi connectivity index (χ3n) is 7.06. The molecule has 2 aromatic carbocycles. The quantitative estimate of drug-likeness (QED) is 0.500. The summed E-state index contributed by atoms with van der Waals surface area (Å²) in [5.74, 6) is 1.39. The molecule has 0 atom stereocenters. The fourth-order valence-corrected chi connectivity index (χ4v) is 5.13.